The fourth-order valence-electron chi connectivity index (χ4n) is 3.29. The number of hydrogen-bond donors (Lipinski definition) is 1. The lowest BCUT2D eigenvalue weighted by Crippen LogP contribution is -2.29. The number of amides is 1. The predicted octanol–water partition coefficient (Wildman–Crippen LogP) is 4.08. The maximum absolute atomic E-state index is 12.6. The summed E-state index contributed by atoms with van der Waals surface area (Å²) in [5.74, 6) is 0.286. The number of thioether (sulfide) groups is 1. The molecular weight excluding hydrogens is 398 g/mol. The third-order valence-corrected chi connectivity index (χ3v) is 6.11. The molecule has 1 amide bonds. The van der Waals surface area contributed by atoms with Crippen molar-refractivity contribution >= 4 is 46.3 Å². The number of rotatable bonds is 8. The second kappa shape index (κ2) is 9.43. The first-order valence-electron chi connectivity index (χ1n) is 9.30. The van der Waals surface area contributed by atoms with E-state index in [0.29, 0.717) is 33.7 Å². The molecule has 8 heteroatoms. The van der Waals surface area contributed by atoms with E-state index in [2.05, 4.69) is 0 Å². The van der Waals surface area contributed by atoms with Crippen LogP contribution >= 0.6 is 24.0 Å². The van der Waals surface area contributed by atoms with Crippen LogP contribution in [0.2, 0.25) is 0 Å². The minimum Gasteiger partial charge on any atom is -0.493 e. The average molecular weight is 422 g/mol. The molecule has 1 aliphatic heterocycles. The summed E-state index contributed by atoms with van der Waals surface area (Å²) in [6.45, 7) is 0.312. The molecule has 150 valence electrons. The van der Waals surface area contributed by atoms with E-state index in [1.165, 1.54) is 29.5 Å². The lowest BCUT2D eigenvalue weighted by Gasteiger charge is -2.16. The van der Waals surface area contributed by atoms with Gasteiger partial charge in [0.05, 0.1) is 18.1 Å². The predicted molar refractivity (Wildman–Crippen MR) is 113 cm³/mol. The first-order chi connectivity index (χ1) is 13.5. The maximum atomic E-state index is 12.6. The van der Waals surface area contributed by atoms with E-state index in [9.17, 15) is 9.59 Å². The summed E-state index contributed by atoms with van der Waals surface area (Å²) < 4.78 is 12.0. The van der Waals surface area contributed by atoms with Crippen LogP contribution in [0.4, 0.5) is 0 Å². The van der Waals surface area contributed by atoms with E-state index >= 15 is 0 Å². The second-order valence-corrected chi connectivity index (χ2v) is 8.44. The molecule has 0 atom stereocenters. The van der Waals surface area contributed by atoms with E-state index in [-0.39, 0.29) is 18.4 Å². The SMILES string of the molecule is COc1ccc(C=C2SC(=S)N(CCCC(=O)O)C2=O)cc1OC1CCCC1. The molecular formula is C20H23NO5S2. The van der Waals surface area contributed by atoms with Crippen LogP contribution in [0.25, 0.3) is 6.08 Å². The Morgan fingerprint density at radius 2 is 2.11 bits per heavy atom. The summed E-state index contributed by atoms with van der Waals surface area (Å²) in [4.78, 5) is 25.3. The molecule has 6 nitrogen and oxygen atoms in total. The number of benzene rings is 1. The van der Waals surface area contributed by atoms with Gasteiger partial charge >= 0.3 is 5.97 Å². The molecule has 0 radical (unpaired) electrons. The minimum atomic E-state index is -0.881. The summed E-state index contributed by atoms with van der Waals surface area (Å²) in [5.41, 5.74) is 0.833. The van der Waals surface area contributed by atoms with Crippen LogP contribution in [0.15, 0.2) is 23.1 Å². The van der Waals surface area contributed by atoms with Crippen LogP contribution in [0.1, 0.15) is 44.1 Å². The number of methoxy groups -OCH3 is 1. The fraction of sp³-hybridized carbons (Fsp3) is 0.450. The molecule has 0 unspecified atom stereocenters. The molecule has 0 bridgehead atoms. The molecule has 1 N–H and O–H groups in total. The van der Waals surface area contributed by atoms with Gasteiger partial charge in [0, 0.05) is 13.0 Å². The Morgan fingerprint density at radius 1 is 1.36 bits per heavy atom. The largest absolute Gasteiger partial charge is 0.493 e. The number of thiocarbonyl (C=S) groups is 1. The van der Waals surface area contributed by atoms with Gasteiger partial charge in [0.1, 0.15) is 4.32 Å². The van der Waals surface area contributed by atoms with Gasteiger partial charge in [-0.05, 0) is 55.9 Å². The number of carboxylic acids is 1. The molecule has 3 rings (SSSR count). The zero-order valence-electron chi connectivity index (χ0n) is 15.7. The van der Waals surface area contributed by atoms with Crippen molar-refractivity contribution in [1.29, 1.82) is 0 Å². The van der Waals surface area contributed by atoms with Gasteiger partial charge < -0.3 is 14.6 Å². The van der Waals surface area contributed by atoms with Gasteiger partial charge in [0.15, 0.2) is 11.5 Å². The highest BCUT2D eigenvalue weighted by atomic mass is 32.2. The number of nitrogens with zero attached hydrogens (tertiary/aromatic N) is 1. The zero-order valence-corrected chi connectivity index (χ0v) is 17.3. The Hall–Kier alpha value is -2.06. The summed E-state index contributed by atoms with van der Waals surface area (Å²) >= 11 is 6.52. The molecule has 1 saturated carbocycles. The number of aliphatic carboxylic acids is 1. The van der Waals surface area contributed by atoms with Gasteiger partial charge in [-0.25, -0.2) is 0 Å². The van der Waals surface area contributed by atoms with Gasteiger partial charge in [-0.1, -0.05) is 30.0 Å². The van der Waals surface area contributed by atoms with E-state index in [4.69, 9.17) is 26.8 Å². The number of ether oxygens (including phenoxy) is 2. The van der Waals surface area contributed by atoms with Crippen molar-refractivity contribution in [3.63, 3.8) is 0 Å². The normalized spacial score (nSPS) is 18.9. The zero-order chi connectivity index (χ0) is 20.1. The lowest BCUT2D eigenvalue weighted by atomic mass is 10.1. The smallest absolute Gasteiger partial charge is 0.303 e. The van der Waals surface area contributed by atoms with Crippen molar-refractivity contribution in [2.45, 2.75) is 44.6 Å². The molecule has 2 aliphatic rings. The standard InChI is InChI=1S/C20H23NO5S2/c1-25-15-9-8-13(11-16(15)26-14-5-2-3-6-14)12-17-19(24)21(20(27)28-17)10-4-7-18(22)23/h8-9,11-12,14H,2-7,10H2,1H3,(H,22,23). The van der Waals surface area contributed by atoms with Gasteiger partial charge in [-0.2, -0.15) is 0 Å². The van der Waals surface area contributed by atoms with Gasteiger partial charge in [0.25, 0.3) is 5.91 Å². The topological polar surface area (TPSA) is 76.1 Å². The van der Waals surface area contributed by atoms with Crippen molar-refractivity contribution in [2.24, 2.45) is 0 Å². The van der Waals surface area contributed by atoms with E-state index in [0.717, 1.165) is 18.4 Å². The number of carboxylic acid groups (broad SMARTS) is 1. The second-order valence-electron chi connectivity index (χ2n) is 6.77. The molecule has 1 aromatic carbocycles. The Bertz CT molecular complexity index is 802. The number of hydrogen-bond acceptors (Lipinski definition) is 6. The fourth-order valence-corrected chi connectivity index (χ4v) is 4.60. The molecule has 1 aliphatic carbocycles. The number of carbonyl (C=O) groups excluding carboxylic acids is 1. The molecule has 1 saturated heterocycles. The first-order valence-corrected chi connectivity index (χ1v) is 10.5. The molecule has 0 spiro atoms. The monoisotopic (exact) mass is 421 g/mol. The van der Waals surface area contributed by atoms with Crippen molar-refractivity contribution < 1.29 is 24.2 Å². The van der Waals surface area contributed by atoms with Crippen LogP contribution in [0.5, 0.6) is 11.5 Å². The van der Waals surface area contributed by atoms with Crippen molar-refractivity contribution in [3.8, 4) is 11.5 Å². The third-order valence-electron chi connectivity index (χ3n) is 4.73. The Balaban J connectivity index is 1.74. The Morgan fingerprint density at radius 3 is 2.79 bits per heavy atom. The molecule has 0 aromatic heterocycles. The van der Waals surface area contributed by atoms with Crippen LogP contribution in [0.3, 0.4) is 0 Å². The highest BCUT2D eigenvalue weighted by Crippen LogP contribution is 2.36. The van der Waals surface area contributed by atoms with Crippen molar-refractivity contribution in [2.75, 3.05) is 13.7 Å². The minimum absolute atomic E-state index is 0.0104. The summed E-state index contributed by atoms with van der Waals surface area (Å²) in [7, 11) is 1.61. The first kappa shape index (κ1) is 20.7. The van der Waals surface area contributed by atoms with Crippen molar-refractivity contribution in [1.82, 2.24) is 4.90 Å². The summed E-state index contributed by atoms with van der Waals surface area (Å²) in [6.07, 6.45) is 6.82. The Kier molecular flexibility index (Phi) is 6.96. The van der Waals surface area contributed by atoms with Crippen LogP contribution < -0.4 is 9.47 Å². The highest BCUT2D eigenvalue weighted by Gasteiger charge is 2.31. The highest BCUT2D eigenvalue weighted by molar-refractivity contribution is 8.26. The lowest BCUT2D eigenvalue weighted by molar-refractivity contribution is -0.137. The van der Waals surface area contributed by atoms with E-state index in [1.54, 1.807) is 13.2 Å². The summed E-state index contributed by atoms with van der Waals surface area (Å²) in [6, 6.07) is 5.59. The summed E-state index contributed by atoms with van der Waals surface area (Å²) in [5, 5.41) is 8.76. The molecule has 2 fully saturated rings. The molecule has 1 heterocycles. The average Bonchev–Trinajstić information content (AvgIpc) is 3.25. The molecule has 28 heavy (non-hydrogen) atoms. The number of carbonyl (C=O) groups is 2. The van der Waals surface area contributed by atoms with E-state index in [1.807, 2.05) is 18.2 Å². The van der Waals surface area contributed by atoms with Crippen molar-refractivity contribution in [3.05, 3.63) is 28.7 Å². The van der Waals surface area contributed by atoms with Gasteiger partial charge in [-0.15, -0.1) is 0 Å². The van der Waals surface area contributed by atoms with Gasteiger partial charge in [-0.3, -0.25) is 14.5 Å². The maximum Gasteiger partial charge on any atom is 0.303 e. The van der Waals surface area contributed by atoms with Crippen LogP contribution in [-0.4, -0.2) is 46.0 Å². The van der Waals surface area contributed by atoms with Crippen LogP contribution in [-0.2, 0) is 9.59 Å². The van der Waals surface area contributed by atoms with Gasteiger partial charge in [0.2, 0.25) is 0 Å². The Labute approximate surface area is 173 Å². The third kappa shape index (κ3) is 5.05. The van der Waals surface area contributed by atoms with Crippen LogP contribution in [0, 0.1) is 0 Å². The molecule has 1 aromatic rings. The van der Waals surface area contributed by atoms with E-state index < -0.39 is 5.97 Å². The quantitative estimate of drug-likeness (QED) is 0.501.